The number of benzene rings is 1. The molecule has 1 heterocycles. The minimum atomic E-state index is -1.78. The maximum Gasteiger partial charge on any atom is 0.192 e. The molecule has 2 rings (SSSR count). The van der Waals surface area contributed by atoms with Gasteiger partial charge in [0, 0.05) is 18.4 Å². The molecule has 1 aromatic rings. The Morgan fingerprint density at radius 3 is 2.29 bits per heavy atom. The third kappa shape index (κ3) is 6.44. The van der Waals surface area contributed by atoms with Crippen LogP contribution >= 0.6 is 0 Å². The van der Waals surface area contributed by atoms with Crippen molar-refractivity contribution in [3.8, 4) is 5.75 Å². The average molecular weight is 449 g/mol. The van der Waals surface area contributed by atoms with Crippen LogP contribution in [0.1, 0.15) is 47.1 Å². The van der Waals surface area contributed by atoms with Crippen LogP contribution in [0.4, 0.5) is 0 Å². The topological polar surface area (TPSA) is 40.2 Å². The van der Waals surface area contributed by atoms with Crippen LogP contribution in [-0.2, 0) is 20.5 Å². The fourth-order valence-corrected chi connectivity index (χ4v) is 4.86. The van der Waals surface area contributed by atoms with Crippen molar-refractivity contribution in [2.75, 3.05) is 20.3 Å². The summed E-state index contributed by atoms with van der Waals surface area (Å²) in [5, 5.41) is 0.209. The van der Waals surface area contributed by atoms with Crippen LogP contribution in [0.5, 0.6) is 5.75 Å². The van der Waals surface area contributed by atoms with Gasteiger partial charge in [0.25, 0.3) is 0 Å². The van der Waals surface area contributed by atoms with Gasteiger partial charge in [-0.3, -0.25) is 0 Å². The summed E-state index contributed by atoms with van der Waals surface area (Å²) in [6.45, 7) is 24.2. The summed E-state index contributed by atoms with van der Waals surface area (Å²) < 4.78 is 23.9. The molecule has 0 amide bonds. The van der Waals surface area contributed by atoms with Crippen molar-refractivity contribution in [1.82, 2.24) is 0 Å². The van der Waals surface area contributed by atoms with Gasteiger partial charge in [-0.05, 0) is 48.7 Å². The zero-order valence-electron chi connectivity index (χ0n) is 21.2. The molecule has 4 nitrogen and oxygen atoms in total. The van der Waals surface area contributed by atoms with Crippen LogP contribution in [0.15, 0.2) is 36.9 Å². The minimum Gasteiger partial charge on any atom is -0.497 e. The molecular weight excluding hydrogens is 404 g/mol. The number of epoxide rings is 1. The fraction of sp³-hybridized carbons (Fsp3) is 0.692. The Morgan fingerprint density at radius 2 is 1.77 bits per heavy atom. The van der Waals surface area contributed by atoms with Crippen LogP contribution in [0.25, 0.3) is 0 Å². The third-order valence-corrected chi connectivity index (χ3v) is 12.0. The van der Waals surface area contributed by atoms with Gasteiger partial charge in [0.2, 0.25) is 0 Å². The highest BCUT2D eigenvalue weighted by Crippen LogP contribution is 2.50. The van der Waals surface area contributed by atoms with E-state index in [1.807, 2.05) is 30.3 Å². The summed E-state index contributed by atoms with van der Waals surface area (Å²) in [6.07, 6.45) is 2.25. The molecule has 1 aliphatic heterocycles. The molecule has 0 radical (unpaired) electrons. The minimum absolute atomic E-state index is 0.154. The normalized spacial score (nSPS) is 24.4. The van der Waals surface area contributed by atoms with Gasteiger partial charge in [-0.1, -0.05) is 52.8 Å². The average Bonchev–Trinajstić information content (AvgIpc) is 3.41. The first-order chi connectivity index (χ1) is 14.4. The largest absolute Gasteiger partial charge is 0.497 e. The summed E-state index contributed by atoms with van der Waals surface area (Å²) in [4.78, 5) is 0. The molecule has 1 unspecified atom stereocenters. The molecule has 5 atom stereocenters. The lowest BCUT2D eigenvalue weighted by molar-refractivity contribution is 0.0824. The first-order valence-electron chi connectivity index (χ1n) is 11.5. The van der Waals surface area contributed by atoms with Crippen molar-refractivity contribution in [2.45, 2.75) is 78.0 Å². The zero-order valence-corrected chi connectivity index (χ0v) is 22.2. The summed E-state index contributed by atoms with van der Waals surface area (Å²) in [6, 6.07) is 8.01. The summed E-state index contributed by atoms with van der Waals surface area (Å²) in [7, 11) is -0.102. The molecule has 1 aromatic carbocycles. The van der Waals surface area contributed by atoms with E-state index in [1.165, 1.54) is 0 Å². The lowest BCUT2D eigenvalue weighted by Gasteiger charge is -2.38. The van der Waals surface area contributed by atoms with Gasteiger partial charge < -0.3 is 18.6 Å². The number of rotatable bonds is 12. The molecule has 31 heavy (non-hydrogen) atoms. The van der Waals surface area contributed by atoms with Crippen LogP contribution in [-0.4, -0.2) is 40.3 Å². The van der Waals surface area contributed by atoms with E-state index in [0.29, 0.717) is 25.0 Å². The molecule has 176 valence electrons. The van der Waals surface area contributed by atoms with Crippen molar-refractivity contribution < 1.29 is 18.6 Å². The third-order valence-electron chi connectivity index (χ3n) is 7.51. The van der Waals surface area contributed by atoms with E-state index >= 15 is 0 Å². The molecule has 0 N–H and O–H groups in total. The summed E-state index contributed by atoms with van der Waals surface area (Å²) in [5.41, 5.74) is 0.994. The fourth-order valence-electron chi connectivity index (χ4n) is 3.82. The van der Waals surface area contributed by atoms with Gasteiger partial charge >= 0.3 is 0 Å². The van der Waals surface area contributed by atoms with Crippen molar-refractivity contribution >= 4 is 8.32 Å². The monoisotopic (exact) mass is 448 g/mol. The Balaban J connectivity index is 1.85. The van der Waals surface area contributed by atoms with E-state index in [4.69, 9.17) is 18.6 Å². The van der Waals surface area contributed by atoms with Gasteiger partial charge in [0.15, 0.2) is 8.32 Å². The van der Waals surface area contributed by atoms with Crippen molar-refractivity contribution in [1.29, 1.82) is 0 Å². The molecule has 0 bridgehead atoms. The van der Waals surface area contributed by atoms with Gasteiger partial charge in [-0.25, -0.2) is 0 Å². The van der Waals surface area contributed by atoms with E-state index in [9.17, 15) is 0 Å². The summed E-state index contributed by atoms with van der Waals surface area (Å²) >= 11 is 0. The lowest BCUT2D eigenvalue weighted by atomic mass is 9.80. The van der Waals surface area contributed by atoms with Crippen LogP contribution in [0.2, 0.25) is 18.1 Å². The highest BCUT2D eigenvalue weighted by molar-refractivity contribution is 6.74. The first kappa shape index (κ1) is 26.1. The predicted octanol–water partition coefficient (Wildman–Crippen LogP) is 6.47. The van der Waals surface area contributed by atoms with Gasteiger partial charge in [-0.2, -0.15) is 0 Å². The molecule has 0 aliphatic carbocycles. The van der Waals surface area contributed by atoms with E-state index in [1.54, 1.807) is 7.11 Å². The van der Waals surface area contributed by atoms with Crippen LogP contribution < -0.4 is 4.74 Å². The van der Waals surface area contributed by atoms with Crippen molar-refractivity contribution in [3.63, 3.8) is 0 Å². The number of hydrogen-bond donors (Lipinski definition) is 0. The standard InChI is InChI=1S/C26H44O4Si/c1-11-22(18-29-31(9,10)25(4,5)6)20(3)26(7)24(30-26)19(2)16-28-17-21-12-14-23(27-8)15-13-21/h11-15,19-20,22,24H,1,16-18H2,2-10H3/t19-,20-,22+,24+,26?/m0/s1. The van der Waals surface area contributed by atoms with E-state index < -0.39 is 8.32 Å². The zero-order chi connectivity index (χ0) is 23.4. The maximum absolute atomic E-state index is 6.50. The number of ether oxygens (including phenoxy) is 3. The quantitative estimate of drug-likeness (QED) is 0.209. The molecule has 1 saturated heterocycles. The van der Waals surface area contributed by atoms with E-state index in [0.717, 1.165) is 17.9 Å². The Kier molecular flexibility index (Phi) is 8.59. The van der Waals surface area contributed by atoms with Gasteiger partial charge in [-0.15, -0.1) is 6.58 Å². The molecule has 1 aliphatic rings. The highest BCUT2D eigenvalue weighted by Gasteiger charge is 2.59. The highest BCUT2D eigenvalue weighted by atomic mass is 28.4. The van der Waals surface area contributed by atoms with Gasteiger partial charge in [0.05, 0.1) is 32.0 Å². The van der Waals surface area contributed by atoms with Crippen LogP contribution in [0.3, 0.4) is 0 Å². The second-order valence-corrected chi connectivity index (χ2v) is 15.6. The van der Waals surface area contributed by atoms with E-state index in [2.05, 4.69) is 61.2 Å². The SMILES string of the molecule is C=C[C@H](CO[Si](C)(C)C(C)(C)C)[C@H](C)C1(C)O[C@@H]1[C@@H](C)COCc1ccc(OC)cc1. The smallest absolute Gasteiger partial charge is 0.192 e. The second kappa shape index (κ2) is 10.2. The van der Waals surface area contributed by atoms with E-state index in [-0.39, 0.29) is 22.7 Å². The molecule has 0 saturated carbocycles. The molecule has 1 fully saturated rings. The maximum atomic E-state index is 6.50. The molecular formula is C26H44O4Si. The molecule has 5 heteroatoms. The second-order valence-electron chi connectivity index (χ2n) is 10.8. The Labute approximate surface area is 191 Å². The van der Waals surface area contributed by atoms with Gasteiger partial charge in [0.1, 0.15) is 5.75 Å². The van der Waals surface area contributed by atoms with Crippen molar-refractivity contribution in [2.24, 2.45) is 17.8 Å². The first-order valence-corrected chi connectivity index (χ1v) is 14.4. The predicted molar refractivity (Wildman–Crippen MR) is 131 cm³/mol. The Hall–Kier alpha value is -1.14. The van der Waals surface area contributed by atoms with Crippen LogP contribution in [0, 0.1) is 17.8 Å². The number of hydrogen-bond acceptors (Lipinski definition) is 4. The lowest BCUT2D eigenvalue weighted by Crippen LogP contribution is -2.43. The summed E-state index contributed by atoms with van der Waals surface area (Å²) in [5.74, 6) is 1.81. The Bertz CT molecular complexity index is 709. The number of methoxy groups -OCH3 is 1. The molecule has 0 aromatic heterocycles. The Morgan fingerprint density at radius 1 is 1.16 bits per heavy atom. The van der Waals surface area contributed by atoms with Crippen molar-refractivity contribution in [3.05, 3.63) is 42.5 Å². The molecule has 0 spiro atoms.